The minimum atomic E-state index is -4.45. The highest BCUT2D eigenvalue weighted by atomic mass is 19.4. The molecule has 0 saturated carbocycles. The van der Waals surface area contributed by atoms with Gasteiger partial charge >= 0.3 is 6.18 Å². The topological polar surface area (TPSA) is 55.0 Å². The molecular formula is C22H17F3N2O2. The number of halogens is 3. The average molecular weight is 398 g/mol. The zero-order valence-electron chi connectivity index (χ0n) is 15.7. The van der Waals surface area contributed by atoms with Crippen LogP contribution >= 0.6 is 0 Å². The molecule has 7 heteroatoms. The molecule has 2 aromatic carbocycles. The molecule has 1 aromatic heterocycles. The Hall–Kier alpha value is -3.53. The Bertz CT molecular complexity index is 1070. The number of alkyl halides is 3. The van der Waals surface area contributed by atoms with Gasteiger partial charge in [0.25, 0.3) is 0 Å². The van der Waals surface area contributed by atoms with Crippen molar-refractivity contribution in [2.75, 3.05) is 7.11 Å². The van der Waals surface area contributed by atoms with Crippen molar-refractivity contribution in [3.8, 4) is 23.1 Å². The van der Waals surface area contributed by atoms with Gasteiger partial charge in [0.05, 0.1) is 30.5 Å². The van der Waals surface area contributed by atoms with Gasteiger partial charge in [0.15, 0.2) is 5.78 Å². The largest absolute Gasteiger partial charge is 0.497 e. The van der Waals surface area contributed by atoms with Crippen molar-refractivity contribution < 1.29 is 22.7 Å². The highest BCUT2D eigenvalue weighted by Gasteiger charge is 2.30. The van der Waals surface area contributed by atoms with Crippen LogP contribution in [0.4, 0.5) is 13.2 Å². The third-order valence-electron chi connectivity index (χ3n) is 4.62. The lowest BCUT2D eigenvalue weighted by Gasteiger charge is -2.13. The Morgan fingerprint density at radius 2 is 1.72 bits per heavy atom. The fourth-order valence-corrected chi connectivity index (χ4v) is 3.11. The van der Waals surface area contributed by atoms with Gasteiger partial charge in [-0.15, -0.1) is 0 Å². The van der Waals surface area contributed by atoms with E-state index in [2.05, 4.69) is 6.07 Å². The minimum absolute atomic E-state index is 0.0454. The summed E-state index contributed by atoms with van der Waals surface area (Å²) >= 11 is 0. The molecule has 3 aromatic rings. The molecule has 29 heavy (non-hydrogen) atoms. The van der Waals surface area contributed by atoms with Crippen LogP contribution in [0.15, 0.2) is 54.6 Å². The quantitative estimate of drug-likeness (QED) is 0.552. The molecule has 0 radical (unpaired) electrons. The summed E-state index contributed by atoms with van der Waals surface area (Å²) in [7, 11) is 1.53. The number of ether oxygens (including phenoxy) is 1. The van der Waals surface area contributed by atoms with Gasteiger partial charge < -0.3 is 9.30 Å². The number of nitrogens with zero attached hydrogens (tertiary/aromatic N) is 2. The van der Waals surface area contributed by atoms with E-state index in [0.717, 1.165) is 12.1 Å². The smallest absolute Gasteiger partial charge is 0.416 e. The maximum atomic E-state index is 12.9. The molecule has 0 aliphatic carbocycles. The number of nitriles is 1. The monoisotopic (exact) mass is 398 g/mol. The molecule has 0 N–H and O–H groups in total. The summed E-state index contributed by atoms with van der Waals surface area (Å²) in [5.74, 6) is 0.430. The van der Waals surface area contributed by atoms with Crippen LogP contribution in [-0.2, 0) is 12.7 Å². The Labute approximate surface area is 165 Å². The fourth-order valence-electron chi connectivity index (χ4n) is 3.11. The van der Waals surface area contributed by atoms with Gasteiger partial charge in [-0.1, -0.05) is 12.1 Å². The molecular weight excluding hydrogens is 381 g/mol. The Kier molecular flexibility index (Phi) is 5.46. The molecule has 0 atom stereocenters. The molecule has 148 valence electrons. The number of carbonyl (C=O) groups excluding carboxylic acids is 1. The first-order chi connectivity index (χ1) is 13.7. The summed E-state index contributed by atoms with van der Waals surface area (Å²) in [6.45, 7) is 1.70. The van der Waals surface area contributed by atoms with E-state index in [-0.39, 0.29) is 12.3 Å². The summed E-state index contributed by atoms with van der Waals surface area (Å²) in [5, 5.41) is 9.47. The van der Waals surface area contributed by atoms with Crippen LogP contribution in [0.2, 0.25) is 0 Å². The molecule has 0 unspecified atom stereocenters. The molecule has 0 spiro atoms. The molecule has 0 amide bonds. The molecule has 0 saturated heterocycles. The van der Waals surface area contributed by atoms with Gasteiger partial charge in [0.1, 0.15) is 11.8 Å². The highest BCUT2D eigenvalue weighted by molar-refractivity contribution is 5.96. The normalized spacial score (nSPS) is 11.2. The number of hydrogen-bond donors (Lipinski definition) is 0. The fraction of sp³-hybridized carbons (Fsp3) is 0.182. The summed E-state index contributed by atoms with van der Waals surface area (Å²) in [5.41, 5.74) is 1.51. The summed E-state index contributed by atoms with van der Waals surface area (Å²) in [6.07, 6.45) is -4.45. The first-order valence-electron chi connectivity index (χ1n) is 8.69. The Morgan fingerprint density at radius 1 is 1.10 bits per heavy atom. The van der Waals surface area contributed by atoms with Crippen LogP contribution in [0.5, 0.6) is 5.75 Å². The zero-order chi connectivity index (χ0) is 21.2. The van der Waals surface area contributed by atoms with Gasteiger partial charge in [-0.3, -0.25) is 4.79 Å². The van der Waals surface area contributed by atoms with Crippen LogP contribution in [0, 0.1) is 18.3 Å². The standard InChI is InChI=1S/C22H17F3N2O2/c1-14-11-17(12-26)21(16-3-7-18(8-4-16)22(23,24)25)27(14)13-20(28)15-5-9-19(29-2)10-6-15/h3-11H,13H2,1-2H3. The second kappa shape index (κ2) is 7.84. The number of carbonyl (C=O) groups is 1. The molecule has 0 aliphatic heterocycles. The van der Waals surface area contributed by atoms with Gasteiger partial charge in [0, 0.05) is 11.3 Å². The van der Waals surface area contributed by atoms with Crippen molar-refractivity contribution in [3.05, 3.63) is 77.0 Å². The van der Waals surface area contributed by atoms with Crippen LogP contribution in [0.1, 0.15) is 27.2 Å². The van der Waals surface area contributed by atoms with Crippen LogP contribution in [-0.4, -0.2) is 17.5 Å². The first-order valence-corrected chi connectivity index (χ1v) is 8.69. The second-order valence-corrected chi connectivity index (χ2v) is 6.47. The lowest BCUT2D eigenvalue weighted by molar-refractivity contribution is -0.137. The average Bonchev–Trinajstić information content (AvgIpc) is 3.02. The van der Waals surface area contributed by atoms with Crippen molar-refractivity contribution in [1.82, 2.24) is 4.57 Å². The lowest BCUT2D eigenvalue weighted by Crippen LogP contribution is -2.13. The van der Waals surface area contributed by atoms with E-state index in [1.165, 1.54) is 19.2 Å². The molecule has 3 rings (SSSR count). The Balaban J connectivity index is 1.98. The number of rotatable bonds is 5. The maximum absolute atomic E-state index is 12.9. The summed E-state index contributed by atoms with van der Waals surface area (Å²) < 4.78 is 45.3. The third-order valence-corrected chi connectivity index (χ3v) is 4.62. The Morgan fingerprint density at radius 3 is 2.24 bits per heavy atom. The number of aromatic nitrogens is 1. The van der Waals surface area contributed by atoms with Crippen LogP contribution < -0.4 is 4.74 Å². The zero-order valence-corrected chi connectivity index (χ0v) is 15.7. The third kappa shape index (κ3) is 4.16. The van der Waals surface area contributed by atoms with E-state index >= 15 is 0 Å². The summed E-state index contributed by atoms with van der Waals surface area (Å²) in [4.78, 5) is 12.7. The SMILES string of the molecule is COc1ccc(C(=O)Cn2c(C)cc(C#N)c2-c2ccc(C(F)(F)F)cc2)cc1. The van der Waals surface area contributed by atoms with Gasteiger partial charge in [-0.05, 0) is 55.0 Å². The van der Waals surface area contributed by atoms with Crippen molar-refractivity contribution in [2.45, 2.75) is 19.6 Å². The number of benzene rings is 2. The molecule has 4 nitrogen and oxygen atoms in total. The van der Waals surface area contributed by atoms with Crippen LogP contribution in [0.3, 0.4) is 0 Å². The maximum Gasteiger partial charge on any atom is 0.416 e. The van der Waals surface area contributed by atoms with Crippen molar-refractivity contribution in [3.63, 3.8) is 0 Å². The number of methoxy groups -OCH3 is 1. The van der Waals surface area contributed by atoms with E-state index in [0.29, 0.717) is 33.8 Å². The van der Waals surface area contributed by atoms with E-state index < -0.39 is 11.7 Å². The van der Waals surface area contributed by atoms with Gasteiger partial charge in [-0.2, -0.15) is 18.4 Å². The molecule has 0 bridgehead atoms. The number of aryl methyl sites for hydroxylation is 1. The molecule has 0 aliphatic rings. The predicted octanol–water partition coefficient (Wildman–Crippen LogP) is 5.25. The predicted molar refractivity (Wildman–Crippen MR) is 102 cm³/mol. The van der Waals surface area contributed by atoms with E-state index in [4.69, 9.17) is 4.74 Å². The minimum Gasteiger partial charge on any atom is -0.497 e. The first kappa shape index (κ1) is 20.2. The highest BCUT2D eigenvalue weighted by Crippen LogP contribution is 2.33. The van der Waals surface area contributed by atoms with E-state index in [1.54, 1.807) is 41.8 Å². The molecule has 1 heterocycles. The van der Waals surface area contributed by atoms with Gasteiger partial charge in [0.2, 0.25) is 0 Å². The van der Waals surface area contributed by atoms with Crippen LogP contribution in [0.25, 0.3) is 11.3 Å². The molecule has 0 fully saturated rings. The van der Waals surface area contributed by atoms with E-state index in [1.807, 2.05) is 0 Å². The number of hydrogen-bond acceptors (Lipinski definition) is 3. The lowest BCUT2D eigenvalue weighted by atomic mass is 10.1. The van der Waals surface area contributed by atoms with Crippen molar-refractivity contribution in [2.24, 2.45) is 0 Å². The number of Topliss-reactive ketones (excluding diaryl/α,β-unsaturated/α-hetero) is 1. The van der Waals surface area contributed by atoms with Gasteiger partial charge in [-0.25, -0.2) is 0 Å². The van der Waals surface area contributed by atoms with Crippen molar-refractivity contribution in [1.29, 1.82) is 5.26 Å². The summed E-state index contributed by atoms with van der Waals surface area (Å²) in [6, 6.07) is 14.9. The van der Waals surface area contributed by atoms with Crippen molar-refractivity contribution >= 4 is 5.78 Å². The number of ketones is 1. The second-order valence-electron chi connectivity index (χ2n) is 6.47. The van der Waals surface area contributed by atoms with E-state index in [9.17, 15) is 23.2 Å².